The Morgan fingerprint density at radius 2 is 1.73 bits per heavy atom. The lowest BCUT2D eigenvalue weighted by atomic mass is 10.2. The molecule has 0 aliphatic heterocycles. The summed E-state index contributed by atoms with van der Waals surface area (Å²) in [6.07, 6.45) is 3.84. The molecule has 0 heterocycles. The second-order valence-electron chi connectivity index (χ2n) is 2.62. The van der Waals surface area contributed by atoms with Crippen molar-refractivity contribution in [2.75, 3.05) is 26.4 Å². The van der Waals surface area contributed by atoms with Gasteiger partial charge in [-0.2, -0.15) is 0 Å². The van der Waals surface area contributed by atoms with Crippen LogP contribution in [0, 0.1) is 0 Å². The number of nitrogens with one attached hydrogen (secondary N) is 2. The van der Waals surface area contributed by atoms with Gasteiger partial charge in [0.2, 0.25) is 0 Å². The average Bonchev–Trinajstić information content (AvgIpc) is 2.03. The van der Waals surface area contributed by atoms with Crippen LogP contribution in [0.15, 0.2) is 0 Å². The van der Waals surface area contributed by atoms with E-state index in [0.717, 1.165) is 19.6 Å². The summed E-state index contributed by atoms with van der Waals surface area (Å²) in [5, 5.41) is 14.5. The van der Waals surface area contributed by atoms with Gasteiger partial charge in [-0.25, -0.2) is 0 Å². The number of hydrogen-bond acceptors (Lipinski definition) is 3. The maximum absolute atomic E-state index is 8.37. The summed E-state index contributed by atoms with van der Waals surface area (Å²) in [5.74, 6) is 0. The highest BCUT2D eigenvalue weighted by atomic mass is 16.3. The van der Waals surface area contributed by atoms with Gasteiger partial charge >= 0.3 is 0 Å². The largest absolute Gasteiger partial charge is 0.381 e. The SMILES string of the molecule is CCCCCNCCNCO. The first kappa shape index (κ1) is 10.9. The topological polar surface area (TPSA) is 44.3 Å². The van der Waals surface area contributed by atoms with Crippen molar-refractivity contribution in [3.63, 3.8) is 0 Å². The third-order valence-corrected chi connectivity index (χ3v) is 1.55. The van der Waals surface area contributed by atoms with Crippen LogP contribution in [-0.4, -0.2) is 31.5 Å². The van der Waals surface area contributed by atoms with Crippen LogP contribution in [0.2, 0.25) is 0 Å². The van der Waals surface area contributed by atoms with E-state index < -0.39 is 0 Å². The number of aliphatic hydroxyl groups excluding tert-OH is 1. The van der Waals surface area contributed by atoms with Gasteiger partial charge in [-0.15, -0.1) is 0 Å². The summed E-state index contributed by atoms with van der Waals surface area (Å²) < 4.78 is 0. The fourth-order valence-corrected chi connectivity index (χ4v) is 0.881. The van der Waals surface area contributed by atoms with Gasteiger partial charge in [-0.3, -0.25) is 5.32 Å². The van der Waals surface area contributed by atoms with Crippen molar-refractivity contribution in [1.29, 1.82) is 0 Å². The van der Waals surface area contributed by atoms with E-state index in [0.29, 0.717) is 0 Å². The van der Waals surface area contributed by atoms with Gasteiger partial charge in [-0.1, -0.05) is 19.8 Å². The minimum Gasteiger partial charge on any atom is -0.381 e. The van der Waals surface area contributed by atoms with E-state index in [-0.39, 0.29) is 6.73 Å². The molecule has 3 N–H and O–H groups in total. The number of hydrogen-bond donors (Lipinski definition) is 3. The van der Waals surface area contributed by atoms with E-state index >= 15 is 0 Å². The molecule has 0 aliphatic carbocycles. The fourth-order valence-electron chi connectivity index (χ4n) is 0.881. The lowest BCUT2D eigenvalue weighted by Gasteiger charge is -2.03. The summed E-state index contributed by atoms with van der Waals surface area (Å²) in [5.41, 5.74) is 0. The Kier molecular flexibility index (Phi) is 9.77. The van der Waals surface area contributed by atoms with Crippen LogP contribution in [0.1, 0.15) is 26.2 Å². The first-order valence-electron chi connectivity index (χ1n) is 4.44. The number of unbranched alkanes of at least 4 members (excludes halogenated alkanes) is 2. The van der Waals surface area contributed by atoms with E-state index in [2.05, 4.69) is 17.6 Å². The van der Waals surface area contributed by atoms with Crippen LogP contribution in [0.4, 0.5) is 0 Å². The summed E-state index contributed by atoms with van der Waals surface area (Å²) in [6, 6.07) is 0. The Bertz CT molecular complexity index is 61.1. The third-order valence-electron chi connectivity index (χ3n) is 1.55. The van der Waals surface area contributed by atoms with Crippen LogP contribution >= 0.6 is 0 Å². The molecule has 0 fully saturated rings. The third kappa shape index (κ3) is 9.88. The molecular formula is C8H20N2O. The zero-order valence-electron chi connectivity index (χ0n) is 7.40. The van der Waals surface area contributed by atoms with Crippen molar-refractivity contribution < 1.29 is 5.11 Å². The minimum atomic E-state index is 0.0800. The van der Waals surface area contributed by atoms with Crippen molar-refractivity contribution in [3.05, 3.63) is 0 Å². The Morgan fingerprint density at radius 3 is 2.36 bits per heavy atom. The van der Waals surface area contributed by atoms with Gasteiger partial charge in [-0.05, 0) is 13.0 Å². The van der Waals surface area contributed by atoms with E-state index in [1.165, 1.54) is 19.3 Å². The average molecular weight is 160 g/mol. The van der Waals surface area contributed by atoms with Crippen LogP contribution in [0.5, 0.6) is 0 Å². The first-order valence-corrected chi connectivity index (χ1v) is 4.44. The lowest BCUT2D eigenvalue weighted by Crippen LogP contribution is -2.28. The first-order chi connectivity index (χ1) is 5.41. The van der Waals surface area contributed by atoms with E-state index in [1.54, 1.807) is 0 Å². The van der Waals surface area contributed by atoms with Crippen molar-refractivity contribution in [2.24, 2.45) is 0 Å². The van der Waals surface area contributed by atoms with Gasteiger partial charge in [0.25, 0.3) is 0 Å². The summed E-state index contributed by atoms with van der Waals surface area (Å²) in [7, 11) is 0. The van der Waals surface area contributed by atoms with Gasteiger partial charge in [0.15, 0.2) is 0 Å². The molecule has 0 spiro atoms. The molecule has 3 nitrogen and oxygen atoms in total. The maximum Gasteiger partial charge on any atom is 0.0931 e. The molecule has 11 heavy (non-hydrogen) atoms. The molecule has 0 amide bonds. The Balaban J connectivity index is 2.69. The highest BCUT2D eigenvalue weighted by Crippen LogP contribution is 1.90. The van der Waals surface area contributed by atoms with Gasteiger partial charge < -0.3 is 10.4 Å². The molecule has 0 aromatic carbocycles. The number of aliphatic hydroxyl groups is 1. The highest BCUT2D eigenvalue weighted by molar-refractivity contribution is 4.49. The van der Waals surface area contributed by atoms with Crippen LogP contribution in [0.3, 0.4) is 0 Å². The molecule has 3 heteroatoms. The molecule has 0 rings (SSSR count). The monoisotopic (exact) mass is 160 g/mol. The Morgan fingerprint density at radius 1 is 1.00 bits per heavy atom. The number of rotatable bonds is 8. The molecule has 0 unspecified atom stereocenters. The standard InChI is InChI=1S/C8H20N2O/c1-2-3-4-5-9-6-7-10-8-11/h9-11H,2-8H2,1H3. The fraction of sp³-hybridized carbons (Fsp3) is 1.00. The molecule has 0 saturated carbocycles. The van der Waals surface area contributed by atoms with Crippen molar-refractivity contribution >= 4 is 0 Å². The molecule has 68 valence electrons. The zero-order chi connectivity index (χ0) is 8.36. The maximum atomic E-state index is 8.37. The Labute approximate surface area is 69.2 Å². The van der Waals surface area contributed by atoms with Gasteiger partial charge in [0, 0.05) is 13.1 Å². The van der Waals surface area contributed by atoms with Crippen molar-refractivity contribution in [1.82, 2.24) is 10.6 Å². The predicted molar refractivity (Wildman–Crippen MR) is 47.5 cm³/mol. The summed E-state index contributed by atoms with van der Waals surface area (Å²) >= 11 is 0. The van der Waals surface area contributed by atoms with Gasteiger partial charge in [0.1, 0.15) is 0 Å². The molecule has 0 saturated heterocycles. The van der Waals surface area contributed by atoms with Crippen LogP contribution < -0.4 is 10.6 Å². The quantitative estimate of drug-likeness (QED) is 0.353. The molecule has 0 aromatic rings. The molecular weight excluding hydrogens is 140 g/mol. The van der Waals surface area contributed by atoms with Gasteiger partial charge in [0.05, 0.1) is 6.73 Å². The van der Waals surface area contributed by atoms with Crippen LogP contribution in [0.25, 0.3) is 0 Å². The predicted octanol–water partition coefficient (Wildman–Crippen LogP) is 0.306. The molecule has 0 aromatic heterocycles. The van der Waals surface area contributed by atoms with E-state index in [9.17, 15) is 0 Å². The van der Waals surface area contributed by atoms with Crippen molar-refractivity contribution in [3.8, 4) is 0 Å². The molecule has 0 radical (unpaired) electrons. The molecule has 0 bridgehead atoms. The van der Waals surface area contributed by atoms with Crippen molar-refractivity contribution in [2.45, 2.75) is 26.2 Å². The Hall–Kier alpha value is -0.120. The smallest absolute Gasteiger partial charge is 0.0931 e. The second kappa shape index (κ2) is 9.88. The van der Waals surface area contributed by atoms with E-state index in [4.69, 9.17) is 5.11 Å². The summed E-state index contributed by atoms with van der Waals surface area (Å²) in [6.45, 7) is 5.18. The molecule has 0 atom stereocenters. The lowest BCUT2D eigenvalue weighted by molar-refractivity contribution is 0.261. The zero-order valence-corrected chi connectivity index (χ0v) is 7.40. The highest BCUT2D eigenvalue weighted by Gasteiger charge is 1.86. The normalized spacial score (nSPS) is 10.4. The van der Waals surface area contributed by atoms with E-state index in [1.807, 2.05) is 0 Å². The molecule has 0 aliphatic rings. The second-order valence-corrected chi connectivity index (χ2v) is 2.62. The summed E-state index contributed by atoms with van der Waals surface area (Å²) in [4.78, 5) is 0. The van der Waals surface area contributed by atoms with Crippen LogP contribution in [-0.2, 0) is 0 Å². The minimum absolute atomic E-state index is 0.0800.